The topological polar surface area (TPSA) is 92.6 Å². The zero-order valence-electron chi connectivity index (χ0n) is 23.8. The first-order valence-electron chi connectivity index (χ1n) is 15.1. The molecule has 9 nitrogen and oxygen atoms in total. The molecule has 0 bridgehead atoms. The Balaban J connectivity index is 1.23. The summed E-state index contributed by atoms with van der Waals surface area (Å²) < 4.78 is 8.66. The fraction of sp³-hybridized carbons (Fsp3) is 0.294. The quantitative estimate of drug-likeness (QED) is 0.305. The minimum atomic E-state index is -0.347. The van der Waals surface area contributed by atoms with Crippen molar-refractivity contribution in [1.29, 1.82) is 0 Å². The van der Waals surface area contributed by atoms with Crippen LogP contribution in [0.1, 0.15) is 41.2 Å². The van der Waals surface area contributed by atoms with Crippen LogP contribution in [0.15, 0.2) is 78.1 Å². The number of likely N-dealkylation sites (tertiary alicyclic amines) is 1. The molecule has 0 spiro atoms. The predicted octanol–water partition coefficient (Wildman–Crippen LogP) is 4.86. The van der Waals surface area contributed by atoms with Gasteiger partial charge in [-0.2, -0.15) is 0 Å². The fourth-order valence-electron chi connectivity index (χ4n) is 6.84. The smallest absolute Gasteiger partial charge is 0.256 e. The van der Waals surface area contributed by atoms with Crippen LogP contribution < -0.4 is 20.4 Å². The van der Waals surface area contributed by atoms with E-state index < -0.39 is 0 Å². The molecule has 5 aromatic rings. The molecular weight excluding hydrogens is 540 g/mol. The molecule has 1 unspecified atom stereocenters. The van der Waals surface area contributed by atoms with Crippen LogP contribution in [0.25, 0.3) is 27.4 Å². The lowest BCUT2D eigenvalue weighted by atomic mass is 10.0. The largest absolute Gasteiger partial charge is 0.451 e. The van der Waals surface area contributed by atoms with Gasteiger partial charge in [0.25, 0.3) is 5.91 Å². The monoisotopic (exact) mass is 572 g/mol. The summed E-state index contributed by atoms with van der Waals surface area (Å²) in [7, 11) is 0. The lowest BCUT2D eigenvalue weighted by molar-refractivity contribution is 0.0948. The van der Waals surface area contributed by atoms with Crippen molar-refractivity contribution in [2.45, 2.75) is 25.2 Å². The van der Waals surface area contributed by atoms with E-state index in [1.165, 1.54) is 12.8 Å². The number of fused-ring (bicyclic) bond motifs is 3. The molecule has 43 heavy (non-hydrogen) atoms. The number of amides is 1. The van der Waals surface area contributed by atoms with Crippen LogP contribution in [-0.2, 0) is 0 Å². The molecule has 0 aliphatic carbocycles. The van der Waals surface area contributed by atoms with Gasteiger partial charge >= 0.3 is 0 Å². The summed E-state index contributed by atoms with van der Waals surface area (Å²) in [6.45, 7) is 5.01. The first-order chi connectivity index (χ1) is 21.1. The second-order valence-electron chi connectivity index (χ2n) is 11.7. The molecule has 0 saturated carbocycles. The van der Waals surface area contributed by atoms with Gasteiger partial charge in [0.15, 0.2) is 11.5 Å². The van der Waals surface area contributed by atoms with Gasteiger partial charge < -0.3 is 24.4 Å². The third kappa shape index (κ3) is 4.51. The van der Waals surface area contributed by atoms with Gasteiger partial charge in [0.1, 0.15) is 11.1 Å². The Hall–Kier alpha value is -4.76. The van der Waals surface area contributed by atoms with Crippen LogP contribution in [0, 0.1) is 0 Å². The van der Waals surface area contributed by atoms with Crippen molar-refractivity contribution in [3.8, 4) is 17.2 Å². The number of rotatable bonds is 6. The van der Waals surface area contributed by atoms with Crippen molar-refractivity contribution in [2.75, 3.05) is 44.2 Å². The Labute approximate surface area is 248 Å². The van der Waals surface area contributed by atoms with Crippen LogP contribution in [0.4, 0.5) is 5.69 Å². The molecule has 9 heteroatoms. The first kappa shape index (κ1) is 25.9. The summed E-state index contributed by atoms with van der Waals surface area (Å²) in [4.78, 5) is 40.7. The molecule has 1 amide bonds. The summed E-state index contributed by atoms with van der Waals surface area (Å²) in [5.41, 5.74) is 3.24. The highest BCUT2D eigenvalue weighted by Gasteiger charge is 2.32. The number of nitrogens with one attached hydrogen (secondary N) is 1. The molecule has 5 heterocycles. The molecule has 2 aromatic heterocycles. The van der Waals surface area contributed by atoms with Crippen LogP contribution in [0.2, 0.25) is 0 Å². The average Bonchev–Trinajstić information content (AvgIpc) is 3.75. The summed E-state index contributed by atoms with van der Waals surface area (Å²) in [6, 6.07) is 16.1. The lowest BCUT2D eigenvalue weighted by Crippen LogP contribution is -2.36. The van der Waals surface area contributed by atoms with Gasteiger partial charge in [-0.1, -0.05) is 24.3 Å². The van der Waals surface area contributed by atoms with E-state index in [-0.39, 0.29) is 22.8 Å². The number of nitrogens with zero attached hydrogens (tertiary/aromatic N) is 5. The van der Waals surface area contributed by atoms with Crippen LogP contribution in [0.5, 0.6) is 11.5 Å². The maximum absolute atomic E-state index is 13.9. The number of benzene rings is 3. The van der Waals surface area contributed by atoms with Gasteiger partial charge in [-0.3, -0.25) is 19.6 Å². The number of carbonyl (C=O) groups excluding carboxylic acids is 1. The van der Waals surface area contributed by atoms with Crippen LogP contribution in [0.3, 0.4) is 0 Å². The minimum absolute atomic E-state index is 0.137. The second kappa shape index (κ2) is 10.5. The van der Waals surface area contributed by atoms with E-state index in [0.29, 0.717) is 28.9 Å². The van der Waals surface area contributed by atoms with E-state index in [2.05, 4.69) is 43.3 Å². The zero-order valence-corrected chi connectivity index (χ0v) is 23.8. The molecule has 0 radical (unpaired) electrons. The lowest BCUT2D eigenvalue weighted by Gasteiger charge is -2.29. The Morgan fingerprint density at radius 2 is 1.84 bits per heavy atom. The van der Waals surface area contributed by atoms with Gasteiger partial charge in [-0.25, -0.2) is 0 Å². The van der Waals surface area contributed by atoms with Gasteiger partial charge in [0, 0.05) is 56.9 Å². The first-order valence-corrected chi connectivity index (χ1v) is 15.1. The molecule has 3 aliphatic rings. The second-order valence-corrected chi connectivity index (χ2v) is 11.7. The molecule has 8 rings (SSSR count). The summed E-state index contributed by atoms with van der Waals surface area (Å²) >= 11 is 0. The summed E-state index contributed by atoms with van der Waals surface area (Å²) in [6.07, 6.45) is 10.3. The number of carbonyl (C=O) groups is 1. The molecule has 216 valence electrons. The molecule has 3 aromatic carbocycles. The normalized spacial score (nSPS) is 17.8. The van der Waals surface area contributed by atoms with Crippen molar-refractivity contribution in [3.05, 3.63) is 94.8 Å². The van der Waals surface area contributed by atoms with Gasteiger partial charge in [-0.05, 0) is 67.4 Å². The molecule has 1 N–H and O–H groups in total. The third-order valence-electron chi connectivity index (χ3n) is 9.09. The maximum Gasteiger partial charge on any atom is 0.256 e. The number of ether oxygens (including phenoxy) is 1. The molecule has 2 saturated heterocycles. The molecule has 1 atom stereocenters. The van der Waals surface area contributed by atoms with Crippen molar-refractivity contribution in [1.82, 2.24) is 24.8 Å². The van der Waals surface area contributed by atoms with Gasteiger partial charge in [0.05, 0.1) is 22.5 Å². The summed E-state index contributed by atoms with van der Waals surface area (Å²) in [5, 5.41) is 5.58. The number of hydrogen-bond acceptors (Lipinski definition) is 7. The Kier molecular flexibility index (Phi) is 6.33. The van der Waals surface area contributed by atoms with E-state index >= 15 is 0 Å². The van der Waals surface area contributed by atoms with E-state index in [4.69, 9.17) is 4.74 Å². The highest BCUT2D eigenvalue weighted by molar-refractivity contribution is 6.02. The average molecular weight is 573 g/mol. The highest BCUT2D eigenvalue weighted by Crippen LogP contribution is 2.47. The van der Waals surface area contributed by atoms with Crippen molar-refractivity contribution < 1.29 is 9.53 Å². The van der Waals surface area contributed by atoms with Gasteiger partial charge in [0.2, 0.25) is 5.43 Å². The standard InChI is InChI=1S/C34H32N6O3/c41-32-25-7-8-28(39-15-9-24(20-39)27-19-35-10-11-36-27)33-31(25)40(21-26(32)34(42)37-12-16-38-13-3-4-14-38)29-17-22-5-1-2-6-23(22)18-30(29)43-33/h1-2,5-8,10-11,17-19,21,24H,3-4,9,12-16,20H2,(H,37,42). The summed E-state index contributed by atoms with van der Waals surface area (Å²) in [5.74, 6) is 1.23. The molecular formula is C34H32N6O3. The van der Waals surface area contributed by atoms with Crippen LogP contribution >= 0.6 is 0 Å². The molecule has 2 fully saturated rings. The number of pyridine rings is 1. The maximum atomic E-state index is 13.9. The van der Waals surface area contributed by atoms with Gasteiger partial charge in [-0.15, -0.1) is 0 Å². The molecule has 3 aliphatic heterocycles. The van der Waals surface area contributed by atoms with Crippen molar-refractivity contribution in [3.63, 3.8) is 0 Å². The zero-order chi connectivity index (χ0) is 28.9. The Morgan fingerprint density at radius 3 is 2.65 bits per heavy atom. The van der Waals surface area contributed by atoms with Crippen LogP contribution in [-0.4, -0.2) is 64.6 Å². The van der Waals surface area contributed by atoms with Crippen molar-refractivity contribution in [2.24, 2.45) is 0 Å². The Bertz CT molecular complexity index is 1930. The fourth-order valence-corrected chi connectivity index (χ4v) is 6.84. The van der Waals surface area contributed by atoms with E-state index in [0.717, 1.165) is 67.0 Å². The van der Waals surface area contributed by atoms with E-state index in [9.17, 15) is 9.59 Å². The number of anilines is 1. The predicted molar refractivity (Wildman–Crippen MR) is 167 cm³/mol. The van der Waals surface area contributed by atoms with E-state index in [1.807, 2.05) is 41.1 Å². The Morgan fingerprint density at radius 1 is 1.00 bits per heavy atom. The highest BCUT2D eigenvalue weighted by atomic mass is 16.5. The van der Waals surface area contributed by atoms with E-state index in [1.54, 1.807) is 18.6 Å². The SMILES string of the molecule is O=C(NCCN1CCCC1)c1cn2c3c(c(N4CCC(c5cnccn5)C4)ccc3c1=O)Oc1cc3ccccc3cc1-2. The van der Waals surface area contributed by atoms with Crippen molar-refractivity contribution >= 4 is 33.3 Å². The third-order valence-corrected chi connectivity index (χ3v) is 9.09. The minimum Gasteiger partial charge on any atom is -0.451 e. The number of hydrogen-bond donors (Lipinski definition) is 1. The number of aromatic nitrogens is 3.